The Hall–Kier alpha value is -1.80. The molecule has 0 bridgehead atoms. The maximum Gasteiger partial charge on any atom is 0.0260 e. The van der Waals surface area contributed by atoms with Crippen LogP contribution in [0.4, 0.5) is 0 Å². The van der Waals surface area contributed by atoms with Gasteiger partial charge in [0.15, 0.2) is 0 Å². The van der Waals surface area contributed by atoms with Crippen LogP contribution in [0.3, 0.4) is 0 Å². The normalized spacial score (nSPS) is 24.1. The first-order valence-corrected chi connectivity index (χ1v) is 8.01. The standard InChI is InChI=1S/C19H22N2/c1-2-11-21(10-1)12-9-15-3-5-16(6-4-15)18-8-7-17-13-20-14-19(17)18/h1-6,8,10-11,17,19-20H,7,9,12-14H2/t17-,19+/m1/s1. The van der Waals surface area contributed by atoms with Gasteiger partial charge in [0.05, 0.1) is 0 Å². The van der Waals surface area contributed by atoms with Crippen molar-refractivity contribution in [3.05, 3.63) is 66.0 Å². The Balaban J connectivity index is 1.44. The van der Waals surface area contributed by atoms with Gasteiger partial charge in [0.2, 0.25) is 0 Å². The lowest BCUT2D eigenvalue weighted by Crippen LogP contribution is -2.09. The molecule has 1 aliphatic heterocycles. The van der Waals surface area contributed by atoms with Crippen LogP contribution in [0.5, 0.6) is 0 Å². The van der Waals surface area contributed by atoms with Crippen LogP contribution < -0.4 is 5.32 Å². The van der Waals surface area contributed by atoms with Crippen LogP contribution in [0.1, 0.15) is 17.5 Å². The summed E-state index contributed by atoms with van der Waals surface area (Å²) in [7, 11) is 0. The maximum atomic E-state index is 3.53. The second-order valence-corrected chi connectivity index (χ2v) is 6.29. The SMILES string of the molecule is C1=C(c2ccc(CCn3cccc3)cc2)[C@H]2CNC[C@H]2C1. The average Bonchev–Trinajstić information content (AvgIpc) is 3.23. The molecule has 1 aromatic heterocycles. The highest BCUT2D eigenvalue weighted by atomic mass is 14.9. The van der Waals surface area contributed by atoms with Gasteiger partial charge in [-0.1, -0.05) is 30.3 Å². The zero-order valence-corrected chi connectivity index (χ0v) is 12.3. The summed E-state index contributed by atoms with van der Waals surface area (Å²) in [4.78, 5) is 0. The monoisotopic (exact) mass is 278 g/mol. The van der Waals surface area contributed by atoms with Crippen molar-refractivity contribution in [1.29, 1.82) is 0 Å². The number of hydrogen-bond acceptors (Lipinski definition) is 1. The molecular formula is C19H22N2. The van der Waals surface area contributed by atoms with E-state index in [1.165, 1.54) is 24.1 Å². The number of fused-ring (bicyclic) bond motifs is 1. The number of allylic oxidation sites excluding steroid dienone is 1. The summed E-state index contributed by atoms with van der Waals surface area (Å²) in [6.07, 6.45) is 9.07. The van der Waals surface area contributed by atoms with E-state index in [0.717, 1.165) is 31.3 Å². The topological polar surface area (TPSA) is 17.0 Å². The van der Waals surface area contributed by atoms with E-state index in [1.807, 2.05) is 0 Å². The molecule has 0 spiro atoms. The molecule has 2 nitrogen and oxygen atoms in total. The van der Waals surface area contributed by atoms with E-state index in [0.29, 0.717) is 0 Å². The van der Waals surface area contributed by atoms with Crippen molar-refractivity contribution in [3.63, 3.8) is 0 Å². The third kappa shape index (κ3) is 2.56. The molecule has 0 unspecified atom stereocenters. The first-order chi connectivity index (χ1) is 10.4. The van der Waals surface area contributed by atoms with Crippen LogP contribution in [-0.4, -0.2) is 17.7 Å². The number of nitrogens with one attached hydrogen (secondary N) is 1. The number of hydrogen-bond donors (Lipinski definition) is 1. The van der Waals surface area contributed by atoms with Crippen molar-refractivity contribution >= 4 is 5.57 Å². The Bertz CT molecular complexity index is 622. The highest BCUT2D eigenvalue weighted by Gasteiger charge is 2.33. The number of nitrogens with zero attached hydrogens (tertiary/aromatic N) is 1. The maximum absolute atomic E-state index is 3.53. The summed E-state index contributed by atoms with van der Waals surface area (Å²) in [5.41, 5.74) is 4.42. The summed E-state index contributed by atoms with van der Waals surface area (Å²) in [6, 6.07) is 13.4. The predicted molar refractivity (Wildman–Crippen MR) is 87.0 cm³/mol. The van der Waals surface area contributed by atoms with Crippen LogP contribution in [0.2, 0.25) is 0 Å². The number of aromatic nitrogens is 1. The highest BCUT2D eigenvalue weighted by molar-refractivity contribution is 5.70. The van der Waals surface area contributed by atoms with E-state index < -0.39 is 0 Å². The second-order valence-electron chi connectivity index (χ2n) is 6.29. The fourth-order valence-electron chi connectivity index (χ4n) is 3.75. The third-order valence-corrected chi connectivity index (χ3v) is 4.99. The average molecular weight is 278 g/mol. The van der Waals surface area contributed by atoms with Crippen molar-refractivity contribution in [2.24, 2.45) is 11.8 Å². The van der Waals surface area contributed by atoms with E-state index >= 15 is 0 Å². The molecule has 108 valence electrons. The van der Waals surface area contributed by atoms with Crippen LogP contribution in [-0.2, 0) is 13.0 Å². The van der Waals surface area contributed by atoms with Crippen LogP contribution in [0.15, 0.2) is 54.9 Å². The van der Waals surface area contributed by atoms with Crippen LogP contribution in [0.25, 0.3) is 5.57 Å². The third-order valence-electron chi connectivity index (χ3n) is 4.99. The number of rotatable bonds is 4. The Morgan fingerprint density at radius 2 is 1.86 bits per heavy atom. The van der Waals surface area contributed by atoms with E-state index in [4.69, 9.17) is 0 Å². The lowest BCUT2D eigenvalue weighted by atomic mass is 9.90. The van der Waals surface area contributed by atoms with Crippen molar-refractivity contribution < 1.29 is 0 Å². The predicted octanol–water partition coefficient (Wildman–Crippen LogP) is 3.35. The zero-order chi connectivity index (χ0) is 14.1. The molecule has 1 fully saturated rings. The molecule has 4 rings (SSSR count). The van der Waals surface area contributed by atoms with Gasteiger partial charge in [-0.05, 0) is 54.1 Å². The molecule has 0 saturated carbocycles. The molecule has 0 radical (unpaired) electrons. The number of aryl methyl sites for hydroxylation is 2. The first-order valence-electron chi connectivity index (χ1n) is 8.01. The second kappa shape index (κ2) is 5.53. The quantitative estimate of drug-likeness (QED) is 0.907. The van der Waals surface area contributed by atoms with Gasteiger partial charge in [-0.25, -0.2) is 0 Å². The van der Waals surface area contributed by atoms with E-state index in [-0.39, 0.29) is 0 Å². The van der Waals surface area contributed by atoms with E-state index in [9.17, 15) is 0 Å². The van der Waals surface area contributed by atoms with E-state index in [2.05, 4.69) is 64.8 Å². The van der Waals surface area contributed by atoms with Gasteiger partial charge in [-0.3, -0.25) is 0 Å². The molecule has 2 heteroatoms. The zero-order valence-electron chi connectivity index (χ0n) is 12.3. The Labute approximate surface area is 126 Å². The highest BCUT2D eigenvalue weighted by Crippen LogP contribution is 2.40. The molecule has 1 aromatic carbocycles. The lowest BCUT2D eigenvalue weighted by Gasteiger charge is -2.14. The molecule has 21 heavy (non-hydrogen) atoms. The summed E-state index contributed by atoms with van der Waals surface area (Å²) < 4.78 is 2.24. The summed E-state index contributed by atoms with van der Waals surface area (Å²) in [6.45, 7) is 3.41. The van der Waals surface area contributed by atoms with Gasteiger partial charge in [-0.15, -0.1) is 0 Å². The summed E-state index contributed by atoms with van der Waals surface area (Å²) in [5, 5.41) is 3.53. The number of benzene rings is 1. The van der Waals surface area contributed by atoms with Crippen molar-refractivity contribution in [2.75, 3.05) is 13.1 Å². The molecular weight excluding hydrogens is 256 g/mol. The van der Waals surface area contributed by atoms with Gasteiger partial charge in [-0.2, -0.15) is 0 Å². The Morgan fingerprint density at radius 1 is 1.05 bits per heavy atom. The van der Waals surface area contributed by atoms with Gasteiger partial charge >= 0.3 is 0 Å². The minimum atomic E-state index is 0.746. The van der Waals surface area contributed by atoms with Crippen LogP contribution in [0, 0.1) is 11.8 Å². The fraction of sp³-hybridized carbons (Fsp3) is 0.368. The molecule has 1 aliphatic carbocycles. The molecule has 2 aliphatic rings. The Kier molecular flexibility index (Phi) is 3.40. The summed E-state index contributed by atoms with van der Waals surface area (Å²) in [5.74, 6) is 1.59. The van der Waals surface area contributed by atoms with Gasteiger partial charge in [0.1, 0.15) is 0 Å². The molecule has 1 saturated heterocycles. The minimum Gasteiger partial charge on any atom is -0.354 e. The molecule has 1 N–H and O–H groups in total. The van der Waals surface area contributed by atoms with Gasteiger partial charge in [0.25, 0.3) is 0 Å². The smallest absolute Gasteiger partial charge is 0.0260 e. The minimum absolute atomic E-state index is 0.746. The van der Waals surface area contributed by atoms with Crippen molar-refractivity contribution in [1.82, 2.24) is 9.88 Å². The largest absolute Gasteiger partial charge is 0.354 e. The first kappa shape index (κ1) is 12.9. The fourth-order valence-corrected chi connectivity index (χ4v) is 3.75. The van der Waals surface area contributed by atoms with Crippen LogP contribution >= 0.6 is 0 Å². The Morgan fingerprint density at radius 3 is 2.67 bits per heavy atom. The van der Waals surface area contributed by atoms with Gasteiger partial charge in [0, 0.05) is 31.4 Å². The van der Waals surface area contributed by atoms with Crippen molar-refractivity contribution in [3.8, 4) is 0 Å². The molecule has 2 heterocycles. The lowest BCUT2D eigenvalue weighted by molar-refractivity contribution is 0.542. The van der Waals surface area contributed by atoms with Gasteiger partial charge < -0.3 is 9.88 Å². The molecule has 2 aromatic rings. The molecule has 0 amide bonds. The summed E-state index contributed by atoms with van der Waals surface area (Å²) >= 11 is 0. The van der Waals surface area contributed by atoms with E-state index in [1.54, 1.807) is 5.57 Å². The van der Waals surface area contributed by atoms with Crippen molar-refractivity contribution in [2.45, 2.75) is 19.4 Å². The molecule has 2 atom stereocenters.